The molecule has 156 valence electrons. The highest BCUT2D eigenvalue weighted by atomic mass is 35.5. The van der Waals surface area contributed by atoms with Gasteiger partial charge in [-0.2, -0.15) is 0 Å². The van der Waals surface area contributed by atoms with Crippen LogP contribution in [0.25, 0.3) is 11.0 Å². The Kier molecular flexibility index (Phi) is 5.38. The Bertz CT molecular complexity index is 1190. The minimum absolute atomic E-state index is 0.0494. The summed E-state index contributed by atoms with van der Waals surface area (Å²) in [6.07, 6.45) is 0.725. The molecule has 0 N–H and O–H groups in total. The van der Waals surface area contributed by atoms with Gasteiger partial charge in [0.15, 0.2) is 5.43 Å². The van der Waals surface area contributed by atoms with Crippen molar-refractivity contribution in [2.45, 2.75) is 19.4 Å². The van der Waals surface area contributed by atoms with Crippen molar-refractivity contribution in [1.82, 2.24) is 9.80 Å². The molecule has 0 unspecified atom stereocenters. The van der Waals surface area contributed by atoms with E-state index in [4.69, 9.17) is 16.0 Å². The zero-order valence-electron chi connectivity index (χ0n) is 17.0. The van der Waals surface area contributed by atoms with E-state index in [0.29, 0.717) is 28.1 Å². The van der Waals surface area contributed by atoms with Crippen molar-refractivity contribution in [3.8, 4) is 0 Å². The molecule has 2 aromatic carbocycles. The smallest absolute Gasteiger partial charge is 0.290 e. The molecule has 4 rings (SSSR count). The van der Waals surface area contributed by atoms with Gasteiger partial charge in [0.25, 0.3) is 5.91 Å². The van der Waals surface area contributed by atoms with Gasteiger partial charge >= 0.3 is 0 Å². The molecule has 0 radical (unpaired) electrons. The predicted octanol–water partition coefficient (Wildman–Crippen LogP) is 4.39. The number of carbonyl (C=O) groups is 1. The summed E-state index contributed by atoms with van der Waals surface area (Å²) in [5.41, 5.74) is 1.76. The molecule has 1 amide bonds. The summed E-state index contributed by atoms with van der Waals surface area (Å²) in [5.74, 6) is -0.659. The van der Waals surface area contributed by atoms with Crippen LogP contribution in [0.2, 0.25) is 5.02 Å². The quantitative estimate of drug-likeness (QED) is 0.604. The maximum absolute atomic E-state index is 13.5. The van der Waals surface area contributed by atoms with Gasteiger partial charge in [-0.25, -0.2) is 4.39 Å². The summed E-state index contributed by atoms with van der Waals surface area (Å²) in [6.45, 7) is 3.04. The molecule has 0 spiro atoms. The van der Waals surface area contributed by atoms with Gasteiger partial charge in [-0.1, -0.05) is 23.7 Å². The summed E-state index contributed by atoms with van der Waals surface area (Å²) in [5, 5.41) is 0.791. The second-order valence-electron chi connectivity index (χ2n) is 7.88. The molecule has 30 heavy (non-hydrogen) atoms. The Labute approximate surface area is 178 Å². The number of aryl methyl sites for hydroxylation is 1. The zero-order valence-corrected chi connectivity index (χ0v) is 17.8. The maximum Gasteiger partial charge on any atom is 0.290 e. The summed E-state index contributed by atoms with van der Waals surface area (Å²) < 4.78 is 19.5. The van der Waals surface area contributed by atoms with Crippen LogP contribution in [0.5, 0.6) is 0 Å². The maximum atomic E-state index is 13.5. The van der Waals surface area contributed by atoms with Gasteiger partial charge in [-0.15, -0.1) is 0 Å². The minimum atomic E-state index is -0.629. The Morgan fingerprint density at radius 3 is 2.53 bits per heavy atom. The van der Waals surface area contributed by atoms with E-state index < -0.39 is 6.04 Å². The molecule has 0 fully saturated rings. The van der Waals surface area contributed by atoms with Crippen LogP contribution < -0.4 is 5.43 Å². The first-order valence-corrected chi connectivity index (χ1v) is 10.1. The molecule has 3 aromatic rings. The average Bonchev–Trinajstić information content (AvgIpc) is 2.97. The number of rotatable bonds is 5. The van der Waals surface area contributed by atoms with Gasteiger partial charge in [-0.3, -0.25) is 9.59 Å². The number of amides is 1. The van der Waals surface area contributed by atoms with E-state index in [1.807, 2.05) is 25.9 Å². The molecule has 2 heterocycles. The molecule has 1 aliphatic rings. The van der Waals surface area contributed by atoms with Crippen LogP contribution in [0.4, 0.5) is 4.39 Å². The molecule has 1 atom stereocenters. The van der Waals surface area contributed by atoms with Crippen LogP contribution in [0.3, 0.4) is 0 Å². The van der Waals surface area contributed by atoms with Crippen LogP contribution >= 0.6 is 11.6 Å². The molecule has 0 saturated carbocycles. The number of benzene rings is 2. The second kappa shape index (κ2) is 7.85. The van der Waals surface area contributed by atoms with Crippen molar-refractivity contribution in [3.05, 3.63) is 79.9 Å². The first-order chi connectivity index (χ1) is 14.3. The van der Waals surface area contributed by atoms with E-state index in [9.17, 15) is 14.0 Å². The Morgan fingerprint density at radius 2 is 1.87 bits per heavy atom. The highest BCUT2D eigenvalue weighted by Crippen LogP contribution is 2.38. The van der Waals surface area contributed by atoms with Crippen molar-refractivity contribution >= 4 is 28.5 Å². The molecule has 0 saturated heterocycles. The lowest BCUT2D eigenvalue weighted by Gasteiger charge is -2.25. The number of hydrogen-bond donors (Lipinski definition) is 0. The van der Waals surface area contributed by atoms with Crippen LogP contribution in [0, 0.1) is 12.7 Å². The van der Waals surface area contributed by atoms with E-state index in [-0.39, 0.29) is 28.5 Å². The average molecular weight is 429 g/mol. The highest BCUT2D eigenvalue weighted by molar-refractivity contribution is 6.32. The molecular weight excluding hydrogens is 407 g/mol. The van der Waals surface area contributed by atoms with Crippen LogP contribution in [-0.4, -0.2) is 42.9 Å². The normalized spacial score (nSPS) is 16.0. The summed E-state index contributed by atoms with van der Waals surface area (Å²) in [7, 11) is 3.92. The van der Waals surface area contributed by atoms with Crippen molar-refractivity contribution in [3.63, 3.8) is 0 Å². The number of fused-ring (bicyclic) bond motifs is 2. The third-order valence-corrected chi connectivity index (χ3v) is 5.84. The van der Waals surface area contributed by atoms with Crippen LogP contribution in [0.1, 0.15) is 39.7 Å². The van der Waals surface area contributed by atoms with Gasteiger partial charge in [0, 0.05) is 11.6 Å². The van der Waals surface area contributed by atoms with Crippen molar-refractivity contribution < 1.29 is 13.6 Å². The fourth-order valence-corrected chi connectivity index (χ4v) is 4.08. The Balaban J connectivity index is 1.90. The van der Waals surface area contributed by atoms with Gasteiger partial charge in [0.1, 0.15) is 11.4 Å². The molecule has 7 heteroatoms. The summed E-state index contributed by atoms with van der Waals surface area (Å²) >= 11 is 6.23. The van der Waals surface area contributed by atoms with Crippen molar-refractivity contribution in [2.75, 3.05) is 27.2 Å². The topological polar surface area (TPSA) is 53.8 Å². The van der Waals surface area contributed by atoms with E-state index in [1.165, 1.54) is 12.1 Å². The SMILES string of the molecule is Cc1cc2oc3c(c(=O)c2cc1Cl)[C@H](c1ccc(F)cc1)N(CCCN(C)C)C3=O. The minimum Gasteiger partial charge on any atom is -0.450 e. The Hall–Kier alpha value is -2.70. The molecule has 1 aromatic heterocycles. The van der Waals surface area contributed by atoms with Crippen LogP contribution in [-0.2, 0) is 0 Å². The zero-order chi connectivity index (χ0) is 21.6. The lowest BCUT2D eigenvalue weighted by Crippen LogP contribution is -2.32. The number of hydrogen-bond acceptors (Lipinski definition) is 4. The first-order valence-electron chi connectivity index (χ1n) is 9.76. The fraction of sp³-hybridized carbons (Fsp3) is 0.304. The van der Waals surface area contributed by atoms with E-state index in [1.54, 1.807) is 29.2 Å². The standard InChI is InChI=1S/C23H22ClFN2O3/c1-13-11-18-16(12-17(13)24)21(28)19-20(14-5-7-15(25)8-6-14)27(10-4-9-26(2)3)23(29)22(19)30-18/h5-8,11-12,20H,4,9-10H2,1-3H3/t20-/m0/s1. The van der Waals surface area contributed by atoms with Gasteiger partial charge in [0.2, 0.25) is 5.76 Å². The molecule has 0 aliphatic carbocycles. The highest BCUT2D eigenvalue weighted by Gasteiger charge is 2.42. The van der Waals surface area contributed by atoms with E-state index in [2.05, 4.69) is 0 Å². The summed E-state index contributed by atoms with van der Waals surface area (Å²) in [6, 6.07) is 8.50. The predicted molar refractivity (Wildman–Crippen MR) is 115 cm³/mol. The van der Waals surface area contributed by atoms with Crippen LogP contribution in [0.15, 0.2) is 45.6 Å². The monoisotopic (exact) mass is 428 g/mol. The molecule has 5 nitrogen and oxygen atoms in total. The third-order valence-electron chi connectivity index (χ3n) is 5.44. The second-order valence-corrected chi connectivity index (χ2v) is 8.29. The van der Waals surface area contributed by atoms with E-state index >= 15 is 0 Å². The molecule has 0 bridgehead atoms. The number of carbonyl (C=O) groups excluding carboxylic acids is 1. The van der Waals surface area contributed by atoms with E-state index in [0.717, 1.165) is 18.5 Å². The molecule has 1 aliphatic heterocycles. The third kappa shape index (κ3) is 3.50. The largest absolute Gasteiger partial charge is 0.450 e. The number of halogens is 2. The number of nitrogens with zero attached hydrogens (tertiary/aromatic N) is 2. The van der Waals surface area contributed by atoms with Gasteiger partial charge in [0.05, 0.1) is 17.0 Å². The summed E-state index contributed by atoms with van der Waals surface area (Å²) in [4.78, 5) is 30.3. The Morgan fingerprint density at radius 1 is 1.17 bits per heavy atom. The first kappa shape index (κ1) is 20.6. The molecular formula is C23H22ClFN2O3. The lowest BCUT2D eigenvalue weighted by molar-refractivity contribution is 0.0722. The fourth-order valence-electron chi connectivity index (χ4n) is 3.92. The van der Waals surface area contributed by atoms with Gasteiger partial charge in [-0.05, 0) is 69.4 Å². The van der Waals surface area contributed by atoms with Gasteiger partial charge < -0.3 is 14.2 Å². The van der Waals surface area contributed by atoms with Crippen molar-refractivity contribution in [2.24, 2.45) is 0 Å². The van der Waals surface area contributed by atoms with Crippen molar-refractivity contribution in [1.29, 1.82) is 0 Å². The lowest BCUT2D eigenvalue weighted by atomic mass is 9.98.